The van der Waals surface area contributed by atoms with Crippen molar-refractivity contribution in [1.82, 2.24) is 5.32 Å². The second-order valence-electron chi connectivity index (χ2n) is 4.58. The standard InChI is InChI=1S/C14H17NO2/c1-16-11-2-3-12-13(9-17-14(12)8-11)10-4-6-15-7-5-10/h2-3,8-10,15H,4-7H2,1H3. The molecule has 0 atom stereocenters. The zero-order valence-corrected chi connectivity index (χ0v) is 10.0. The predicted octanol–water partition coefficient (Wildman–Crippen LogP) is 2.91. The molecule has 0 unspecified atom stereocenters. The lowest BCUT2D eigenvalue weighted by Crippen LogP contribution is -2.26. The van der Waals surface area contributed by atoms with Crippen LogP contribution >= 0.6 is 0 Å². The van der Waals surface area contributed by atoms with Gasteiger partial charge in [0.1, 0.15) is 11.3 Å². The van der Waals surface area contributed by atoms with Crippen LogP contribution in [0.3, 0.4) is 0 Å². The minimum absolute atomic E-state index is 0.630. The fourth-order valence-electron chi connectivity index (χ4n) is 2.61. The molecule has 1 aromatic heterocycles. The van der Waals surface area contributed by atoms with Gasteiger partial charge >= 0.3 is 0 Å². The molecule has 17 heavy (non-hydrogen) atoms. The van der Waals surface area contributed by atoms with Gasteiger partial charge in [-0.1, -0.05) is 0 Å². The van der Waals surface area contributed by atoms with E-state index in [0.29, 0.717) is 5.92 Å². The molecule has 2 heterocycles. The van der Waals surface area contributed by atoms with Crippen LogP contribution in [0.4, 0.5) is 0 Å². The van der Waals surface area contributed by atoms with E-state index in [9.17, 15) is 0 Å². The van der Waals surface area contributed by atoms with Crippen LogP contribution in [0.5, 0.6) is 5.75 Å². The Morgan fingerprint density at radius 2 is 2.12 bits per heavy atom. The highest BCUT2D eigenvalue weighted by molar-refractivity contribution is 5.83. The van der Waals surface area contributed by atoms with Gasteiger partial charge in [0.15, 0.2) is 0 Å². The summed E-state index contributed by atoms with van der Waals surface area (Å²) in [6.07, 6.45) is 4.31. The van der Waals surface area contributed by atoms with Crippen LogP contribution in [0.25, 0.3) is 11.0 Å². The first-order chi connectivity index (χ1) is 8.38. The fourth-order valence-corrected chi connectivity index (χ4v) is 2.61. The van der Waals surface area contributed by atoms with E-state index < -0.39 is 0 Å². The van der Waals surface area contributed by atoms with Crippen LogP contribution in [0.15, 0.2) is 28.9 Å². The van der Waals surface area contributed by atoms with Crippen LogP contribution < -0.4 is 10.1 Å². The summed E-state index contributed by atoms with van der Waals surface area (Å²) >= 11 is 0. The highest BCUT2D eigenvalue weighted by Crippen LogP contribution is 2.34. The number of furan rings is 1. The first kappa shape index (κ1) is 10.7. The molecule has 3 nitrogen and oxygen atoms in total. The summed E-state index contributed by atoms with van der Waals surface area (Å²) < 4.78 is 10.9. The molecule has 1 saturated heterocycles. The maximum atomic E-state index is 5.64. The van der Waals surface area contributed by atoms with Crippen LogP contribution in [0, 0.1) is 0 Å². The molecule has 90 valence electrons. The molecule has 1 aliphatic heterocycles. The van der Waals surface area contributed by atoms with E-state index in [0.717, 1.165) is 24.4 Å². The number of ether oxygens (including phenoxy) is 1. The van der Waals surface area contributed by atoms with Gasteiger partial charge in [-0.25, -0.2) is 0 Å². The summed E-state index contributed by atoms with van der Waals surface area (Å²) in [5.41, 5.74) is 2.28. The number of fused-ring (bicyclic) bond motifs is 1. The summed E-state index contributed by atoms with van der Waals surface area (Å²) in [7, 11) is 1.68. The van der Waals surface area contributed by atoms with E-state index >= 15 is 0 Å². The lowest BCUT2D eigenvalue weighted by Gasteiger charge is -2.21. The van der Waals surface area contributed by atoms with E-state index in [2.05, 4.69) is 11.4 Å². The van der Waals surface area contributed by atoms with Crippen molar-refractivity contribution in [3.05, 3.63) is 30.0 Å². The van der Waals surface area contributed by atoms with Gasteiger partial charge < -0.3 is 14.5 Å². The Bertz CT molecular complexity index is 512. The van der Waals surface area contributed by atoms with Crippen molar-refractivity contribution in [2.24, 2.45) is 0 Å². The number of benzene rings is 1. The zero-order chi connectivity index (χ0) is 11.7. The number of nitrogens with one attached hydrogen (secondary N) is 1. The normalized spacial score (nSPS) is 17.5. The Kier molecular flexibility index (Phi) is 2.77. The van der Waals surface area contributed by atoms with Gasteiger partial charge in [0.05, 0.1) is 13.4 Å². The number of hydrogen-bond donors (Lipinski definition) is 1. The van der Waals surface area contributed by atoms with Crippen molar-refractivity contribution in [3.63, 3.8) is 0 Å². The van der Waals surface area contributed by atoms with Gasteiger partial charge in [-0.15, -0.1) is 0 Å². The molecule has 2 aromatic rings. The van der Waals surface area contributed by atoms with Crippen molar-refractivity contribution in [1.29, 1.82) is 0 Å². The first-order valence-corrected chi connectivity index (χ1v) is 6.14. The maximum absolute atomic E-state index is 5.64. The van der Waals surface area contributed by atoms with Crippen molar-refractivity contribution in [3.8, 4) is 5.75 Å². The van der Waals surface area contributed by atoms with E-state index in [4.69, 9.17) is 9.15 Å². The van der Waals surface area contributed by atoms with Crippen LogP contribution in [-0.4, -0.2) is 20.2 Å². The molecule has 0 radical (unpaired) electrons. The van der Waals surface area contributed by atoms with Crippen molar-refractivity contribution in [2.75, 3.05) is 20.2 Å². The van der Waals surface area contributed by atoms with Gasteiger partial charge in [0, 0.05) is 17.0 Å². The Hall–Kier alpha value is -1.48. The molecule has 0 bridgehead atoms. The SMILES string of the molecule is COc1ccc2c(C3CCNCC3)coc2c1. The first-order valence-electron chi connectivity index (χ1n) is 6.14. The lowest BCUT2D eigenvalue weighted by molar-refractivity contribution is 0.414. The summed E-state index contributed by atoms with van der Waals surface area (Å²) in [6.45, 7) is 2.21. The van der Waals surface area contributed by atoms with Crippen molar-refractivity contribution in [2.45, 2.75) is 18.8 Å². The minimum Gasteiger partial charge on any atom is -0.497 e. The minimum atomic E-state index is 0.630. The third-order valence-electron chi connectivity index (χ3n) is 3.59. The van der Waals surface area contributed by atoms with Gasteiger partial charge in [-0.05, 0) is 44.0 Å². The highest BCUT2D eigenvalue weighted by atomic mass is 16.5. The third kappa shape index (κ3) is 1.91. The monoisotopic (exact) mass is 231 g/mol. The number of hydrogen-bond acceptors (Lipinski definition) is 3. The molecule has 1 aromatic carbocycles. The number of rotatable bonds is 2. The highest BCUT2D eigenvalue weighted by Gasteiger charge is 2.19. The predicted molar refractivity (Wildman–Crippen MR) is 67.6 cm³/mol. The summed E-state index contributed by atoms with van der Waals surface area (Å²) in [5.74, 6) is 1.48. The molecule has 3 heteroatoms. The van der Waals surface area contributed by atoms with Gasteiger partial charge in [-0.3, -0.25) is 0 Å². The van der Waals surface area contributed by atoms with Crippen LogP contribution in [0.2, 0.25) is 0 Å². The average Bonchev–Trinajstić information content (AvgIpc) is 2.82. The fraction of sp³-hybridized carbons (Fsp3) is 0.429. The summed E-state index contributed by atoms with van der Waals surface area (Å²) in [6, 6.07) is 6.07. The molecule has 3 rings (SSSR count). The van der Waals surface area contributed by atoms with Gasteiger partial charge in [0.2, 0.25) is 0 Å². The van der Waals surface area contributed by atoms with E-state index in [1.54, 1.807) is 7.11 Å². The molecule has 0 aliphatic carbocycles. The molecule has 0 spiro atoms. The molecule has 0 saturated carbocycles. The Morgan fingerprint density at radius 1 is 1.29 bits per heavy atom. The topological polar surface area (TPSA) is 34.4 Å². The second-order valence-corrected chi connectivity index (χ2v) is 4.58. The van der Waals surface area contributed by atoms with Gasteiger partial charge in [0.25, 0.3) is 0 Å². The summed E-state index contributed by atoms with van der Waals surface area (Å²) in [5, 5.41) is 4.63. The Labute approximate surface area is 101 Å². The lowest BCUT2D eigenvalue weighted by atomic mass is 9.90. The quantitative estimate of drug-likeness (QED) is 0.863. The number of methoxy groups -OCH3 is 1. The van der Waals surface area contributed by atoms with Crippen LogP contribution in [0.1, 0.15) is 24.3 Å². The second kappa shape index (κ2) is 4.41. The van der Waals surface area contributed by atoms with E-state index in [-0.39, 0.29) is 0 Å². The van der Waals surface area contributed by atoms with E-state index in [1.807, 2.05) is 18.4 Å². The van der Waals surface area contributed by atoms with Crippen LogP contribution in [-0.2, 0) is 0 Å². The molecule has 1 aliphatic rings. The molecular formula is C14H17NO2. The largest absolute Gasteiger partial charge is 0.497 e. The van der Waals surface area contributed by atoms with Crippen molar-refractivity contribution < 1.29 is 9.15 Å². The average molecular weight is 231 g/mol. The molecule has 1 N–H and O–H groups in total. The smallest absolute Gasteiger partial charge is 0.137 e. The molecule has 0 amide bonds. The Morgan fingerprint density at radius 3 is 2.88 bits per heavy atom. The van der Waals surface area contributed by atoms with Crippen molar-refractivity contribution >= 4 is 11.0 Å². The third-order valence-corrected chi connectivity index (χ3v) is 3.59. The molecular weight excluding hydrogens is 214 g/mol. The van der Waals surface area contributed by atoms with E-state index in [1.165, 1.54) is 23.8 Å². The van der Waals surface area contributed by atoms with Gasteiger partial charge in [-0.2, -0.15) is 0 Å². The summed E-state index contributed by atoms with van der Waals surface area (Å²) in [4.78, 5) is 0. The maximum Gasteiger partial charge on any atom is 0.137 e. The zero-order valence-electron chi connectivity index (χ0n) is 10.0. The number of piperidine rings is 1. The molecule has 1 fully saturated rings. The Balaban J connectivity index is 1.99.